The average Bonchev–Trinajstić information content (AvgIpc) is 2.72. The van der Waals surface area contributed by atoms with Crippen LogP contribution in [0.5, 0.6) is 0 Å². The first-order valence-corrected chi connectivity index (χ1v) is 11.0. The van der Waals surface area contributed by atoms with Crippen molar-refractivity contribution in [1.82, 2.24) is 20.5 Å². The topological polar surface area (TPSA) is 55.8 Å². The Kier molecular flexibility index (Phi) is 10.5. The average molecular weight is 515 g/mol. The zero-order valence-corrected chi connectivity index (χ0v) is 20.6. The molecule has 6 nitrogen and oxygen atoms in total. The molecule has 0 aliphatic carbocycles. The molecule has 0 aromatic carbocycles. The van der Waals surface area contributed by atoms with Crippen LogP contribution < -0.4 is 15.5 Å². The van der Waals surface area contributed by atoms with Gasteiger partial charge in [-0.1, -0.05) is 19.9 Å². The van der Waals surface area contributed by atoms with Crippen molar-refractivity contribution < 1.29 is 0 Å². The molecular formula is C22H39IN6. The number of rotatable bonds is 6. The largest absolute Gasteiger partial charge is 0.356 e. The summed E-state index contributed by atoms with van der Waals surface area (Å²) in [4.78, 5) is 13.9. The highest BCUT2D eigenvalue weighted by atomic mass is 127. The van der Waals surface area contributed by atoms with Crippen molar-refractivity contribution in [2.75, 3.05) is 51.2 Å². The summed E-state index contributed by atoms with van der Waals surface area (Å²) in [5, 5.41) is 7.23. The Morgan fingerprint density at radius 1 is 1.21 bits per heavy atom. The highest BCUT2D eigenvalue weighted by molar-refractivity contribution is 14.0. The molecule has 0 bridgehead atoms. The highest BCUT2D eigenvalue weighted by Gasteiger charge is 2.23. The van der Waals surface area contributed by atoms with Gasteiger partial charge in [0, 0.05) is 52.0 Å². The maximum absolute atomic E-state index is 4.48. The van der Waals surface area contributed by atoms with Crippen LogP contribution in [-0.2, 0) is 0 Å². The number of likely N-dealkylation sites (tertiary alicyclic amines) is 1. The van der Waals surface area contributed by atoms with Crippen LogP contribution in [0.1, 0.15) is 39.5 Å². The Bertz CT molecular complexity index is 601. The maximum Gasteiger partial charge on any atom is 0.191 e. The second-order valence-electron chi connectivity index (χ2n) is 8.71. The van der Waals surface area contributed by atoms with Crippen molar-refractivity contribution in [2.45, 2.75) is 45.6 Å². The van der Waals surface area contributed by atoms with Crippen molar-refractivity contribution in [3.05, 3.63) is 24.4 Å². The number of hydrogen-bond donors (Lipinski definition) is 2. The number of hydrogen-bond acceptors (Lipinski definition) is 4. The number of nitrogens with zero attached hydrogens (tertiary/aromatic N) is 4. The van der Waals surface area contributed by atoms with Crippen molar-refractivity contribution in [2.24, 2.45) is 16.8 Å². The van der Waals surface area contributed by atoms with E-state index in [1.165, 1.54) is 32.5 Å². The number of nitrogens with one attached hydrogen (secondary N) is 2. The van der Waals surface area contributed by atoms with Crippen LogP contribution in [-0.4, -0.2) is 68.2 Å². The SMILES string of the molecule is CN=C(NCC1CCCN(CC(C)C)C1)NC1CCN(c2ccccn2)CC1.I. The molecule has 29 heavy (non-hydrogen) atoms. The van der Waals surface area contributed by atoms with Crippen LogP contribution >= 0.6 is 24.0 Å². The van der Waals surface area contributed by atoms with E-state index in [-0.39, 0.29) is 24.0 Å². The zero-order chi connectivity index (χ0) is 19.8. The van der Waals surface area contributed by atoms with Gasteiger partial charge in [0.05, 0.1) is 0 Å². The summed E-state index contributed by atoms with van der Waals surface area (Å²) in [7, 11) is 1.88. The second kappa shape index (κ2) is 12.6. The van der Waals surface area contributed by atoms with Gasteiger partial charge in [-0.25, -0.2) is 4.98 Å². The Labute approximate surface area is 194 Å². The van der Waals surface area contributed by atoms with E-state index in [0.717, 1.165) is 56.1 Å². The summed E-state index contributed by atoms with van der Waals surface area (Å²) >= 11 is 0. The molecule has 2 aliphatic heterocycles. The van der Waals surface area contributed by atoms with Gasteiger partial charge >= 0.3 is 0 Å². The molecule has 0 amide bonds. The molecule has 2 saturated heterocycles. The van der Waals surface area contributed by atoms with Crippen LogP contribution in [0.25, 0.3) is 0 Å². The first-order valence-electron chi connectivity index (χ1n) is 11.0. The first-order chi connectivity index (χ1) is 13.6. The van der Waals surface area contributed by atoms with E-state index in [1.54, 1.807) is 0 Å². The number of guanidine groups is 1. The predicted octanol–water partition coefficient (Wildman–Crippen LogP) is 3.20. The molecule has 164 valence electrons. The second-order valence-corrected chi connectivity index (χ2v) is 8.71. The van der Waals surface area contributed by atoms with Gasteiger partial charge in [0.15, 0.2) is 5.96 Å². The summed E-state index contributed by atoms with van der Waals surface area (Å²) in [5.74, 6) is 3.51. The quantitative estimate of drug-likeness (QED) is 0.347. The van der Waals surface area contributed by atoms with E-state index in [4.69, 9.17) is 0 Å². The lowest BCUT2D eigenvalue weighted by Gasteiger charge is -2.35. The minimum atomic E-state index is 0. The summed E-state index contributed by atoms with van der Waals surface area (Å²) in [6, 6.07) is 6.62. The number of anilines is 1. The first kappa shape index (κ1) is 24.2. The molecule has 2 N–H and O–H groups in total. The molecule has 1 aromatic heterocycles. The van der Waals surface area contributed by atoms with E-state index in [1.807, 2.05) is 19.3 Å². The van der Waals surface area contributed by atoms with E-state index in [0.29, 0.717) is 6.04 Å². The molecule has 1 atom stereocenters. The van der Waals surface area contributed by atoms with Crippen LogP contribution in [0.15, 0.2) is 29.4 Å². The molecule has 2 aliphatic rings. The van der Waals surface area contributed by atoms with Crippen molar-refractivity contribution >= 4 is 35.8 Å². The predicted molar refractivity (Wildman–Crippen MR) is 133 cm³/mol. The molecule has 1 aromatic rings. The molecule has 1 unspecified atom stereocenters. The minimum Gasteiger partial charge on any atom is -0.356 e. The number of aliphatic imine (C=N–C) groups is 1. The molecule has 7 heteroatoms. The lowest BCUT2D eigenvalue weighted by Crippen LogP contribution is -2.50. The smallest absolute Gasteiger partial charge is 0.191 e. The summed E-state index contributed by atoms with van der Waals surface area (Å²) < 4.78 is 0. The standard InChI is InChI=1S/C22H38N6.HI/c1-18(2)16-27-12-6-7-19(17-27)15-25-22(23-3)26-20-9-13-28(14-10-20)21-8-4-5-11-24-21;/h4-5,8,11,18-20H,6-7,9-10,12-17H2,1-3H3,(H2,23,25,26);1H. The Morgan fingerprint density at radius 3 is 2.66 bits per heavy atom. The van der Waals surface area contributed by atoms with E-state index < -0.39 is 0 Å². The molecule has 0 radical (unpaired) electrons. The monoisotopic (exact) mass is 514 g/mol. The van der Waals surface area contributed by atoms with Gasteiger partial charge in [-0.2, -0.15) is 0 Å². The normalized spacial score (nSPS) is 21.7. The third-order valence-corrected chi connectivity index (χ3v) is 5.82. The molecule has 3 rings (SSSR count). The Hall–Kier alpha value is -1.09. The van der Waals surface area contributed by atoms with Crippen LogP contribution in [0, 0.1) is 11.8 Å². The van der Waals surface area contributed by atoms with Crippen LogP contribution in [0.3, 0.4) is 0 Å². The van der Waals surface area contributed by atoms with E-state index >= 15 is 0 Å². The Morgan fingerprint density at radius 2 is 2.00 bits per heavy atom. The maximum atomic E-state index is 4.48. The molecular weight excluding hydrogens is 475 g/mol. The van der Waals surface area contributed by atoms with Crippen molar-refractivity contribution in [3.63, 3.8) is 0 Å². The fourth-order valence-electron chi connectivity index (χ4n) is 4.42. The van der Waals surface area contributed by atoms with Gasteiger partial charge in [-0.3, -0.25) is 4.99 Å². The van der Waals surface area contributed by atoms with Crippen LogP contribution in [0.2, 0.25) is 0 Å². The summed E-state index contributed by atoms with van der Waals surface area (Å²) in [6.07, 6.45) is 6.74. The molecule has 3 heterocycles. The van der Waals surface area contributed by atoms with Gasteiger partial charge in [-0.05, 0) is 56.2 Å². The van der Waals surface area contributed by atoms with Crippen LogP contribution in [0.4, 0.5) is 5.82 Å². The lowest BCUT2D eigenvalue weighted by molar-refractivity contribution is 0.159. The minimum absolute atomic E-state index is 0. The molecule has 0 spiro atoms. The summed E-state index contributed by atoms with van der Waals surface area (Å²) in [6.45, 7) is 11.4. The molecule has 2 fully saturated rings. The number of pyridine rings is 1. The fourth-order valence-corrected chi connectivity index (χ4v) is 4.42. The molecule has 0 saturated carbocycles. The Balaban J connectivity index is 0.00000300. The highest BCUT2D eigenvalue weighted by Crippen LogP contribution is 2.18. The van der Waals surface area contributed by atoms with Gasteiger partial charge in [0.2, 0.25) is 0 Å². The van der Waals surface area contributed by atoms with Gasteiger partial charge < -0.3 is 20.4 Å². The summed E-state index contributed by atoms with van der Waals surface area (Å²) in [5.41, 5.74) is 0. The zero-order valence-electron chi connectivity index (χ0n) is 18.3. The van der Waals surface area contributed by atoms with Gasteiger partial charge in [0.25, 0.3) is 0 Å². The lowest BCUT2D eigenvalue weighted by atomic mass is 9.97. The van der Waals surface area contributed by atoms with E-state index in [9.17, 15) is 0 Å². The van der Waals surface area contributed by atoms with Gasteiger partial charge in [-0.15, -0.1) is 24.0 Å². The number of halogens is 1. The van der Waals surface area contributed by atoms with Crippen molar-refractivity contribution in [1.29, 1.82) is 0 Å². The van der Waals surface area contributed by atoms with E-state index in [2.05, 4.69) is 56.4 Å². The fraction of sp³-hybridized carbons (Fsp3) is 0.727. The van der Waals surface area contributed by atoms with Gasteiger partial charge in [0.1, 0.15) is 5.82 Å². The third kappa shape index (κ3) is 7.92. The number of piperidine rings is 2. The third-order valence-electron chi connectivity index (χ3n) is 5.82. The van der Waals surface area contributed by atoms with Crippen molar-refractivity contribution in [3.8, 4) is 0 Å². The number of aromatic nitrogens is 1.